The minimum absolute atomic E-state index is 0.103. The number of H-pyrrole nitrogens is 1. The Bertz CT molecular complexity index is 750. The third-order valence-electron chi connectivity index (χ3n) is 2.52. The van der Waals surface area contributed by atoms with Gasteiger partial charge in [0.15, 0.2) is 9.88 Å². The molecule has 0 aliphatic carbocycles. The molecule has 0 aliphatic heterocycles. The number of rotatable bonds is 3. The van der Waals surface area contributed by atoms with Crippen molar-refractivity contribution in [1.29, 1.82) is 0 Å². The van der Waals surface area contributed by atoms with Gasteiger partial charge in [-0.25, -0.2) is 9.78 Å². The van der Waals surface area contributed by atoms with Crippen molar-refractivity contribution in [3.63, 3.8) is 0 Å². The fourth-order valence-electron chi connectivity index (χ4n) is 1.77. The van der Waals surface area contributed by atoms with Crippen molar-refractivity contribution in [3.8, 4) is 0 Å². The van der Waals surface area contributed by atoms with E-state index in [1.165, 1.54) is 11.3 Å². The number of anilines is 1. The number of carbonyl (C=O) groups is 1. The van der Waals surface area contributed by atoms with Gasteiger partial charge in [0.1, 0.15) is 15.5 Å². The lowest BCUT2D eigenvalue weighted by Gasteiger charge is -2.06. The number of nitrogens with two attached hydrogens (primary N) is 1. The molecular formula is C11H12N4O2S3. The molecular weight excluding hydrogens is 316 g/mol. The van der Waals surface area contributed by atoms with E-state index in [9.17, 15) is 4.79 Å². The van der Waals surface area contributed by atoms with Gasteiger partial charge in [-0.15, -0.1) is 11.3 Å². The molecule has 20 heavy (non-hydrogen) atoms. The molecule has 0 unspecified atom stereocenters. The zero-order valence-corrected chi connectivity index (χ0v) is 13.2. The Morgan fingerprint density at radius 3 is 2.90 bits per heavy atom. The first-order valence-corrected chi connectivity index (χ1v) is 7.34. The van der Waals surface area contributed by atoms with Crippen molar-refractivity contribution >= 4 is 62.9 Å². The first kappa shape index (κ1) is 14.8. The maximum atomic E-state index is 11.9. The number of aryl methyl sites for hydroxylation is 1. The first-order chi connectivity index (χ1) is 9.43. The van der Waals surface area contributed by atoms with E-state index in [1.54, 1.807) is 6.92 Å². The van der Waals surface area contributed by atoms with Crippen LogP contribution in [0.1, 0.15) is 22.2 Å². The summed E-state index contributed by atoms with van der Waals surface area (Å²) in [6.07, 6.45) is 0. The van der Waals surface area contributed by atoms with E-state index in [4.69, 9.17) is 34.9 Å². The number of thiophene rings is 1. The normalized spacial score (nSPS) is 10.5. The van der Waals surface area contributed by atoms with E-state index in [1.807, 2.05) is 6.92 Å². The van der Waals surface area contributed by atoms with Crippen molar-refractivity contribution in [3.05, 3.63) is 15.2 Å². The molecule has 0 fully saturated rings. The number of carbonyl (C=O) groups excluding carboxylic acids is 1. The minimum atomic E-state index is -0.375. The summed E-state index contributed by atoms with van der Waals surface area (Å²) in [6, 6.07) is 0. The van der Waals surface area contributed by atoms with E-state index >= 15 is 0 Å². The maximum absolute atomic E-state index is 11.9. The SMILES string of the molecule is CCOC(=O)c1sc2nc(=S)[nH]c(NC(N)=S)c2c1C. The summed E-state index contributed by atoms with van der Waals surface area (Å²) in [5.74, 6) is 0.164. The number of aromatic amines is 1. The Morgan fingerprint density at radius 1 is 1.60 bits per heavy atom. The molecule has 0 aliphatic rings. The lowest BCUT2D eigenvalue weighted by molar-refractivity contribution is 0.0531. The molecule has 0 saturated carbocycles. The van der Waals surface area contributed by atoms with Gasteiger partial charge in [-0.3, -0.25) is 0 Å². The Labute approximate surface area is 129 Å². The molecule has 0 bridgehead atoms. The number of hydrogen-bond donors (Lipinski definition) is 3. The Balaban J connectivity index is 2.67. The predicted octanol–water partition coefficient (Wildman–Crippen LogP) is 2.49. The van der Waals surface area contributed by atoms with Crippen LogP contribution in [0.5, 0.6) is 0 Å². The van der Waals surface area contributed by atoms with Gasteiger partial charge in [0.25, 0.3) is 0 Å². The minimum Gasteiger partial charge on any atom is -0.462 e. The highest BCUT2D eigenvalue weighted by molar-refractivity contribution is 7.80. The van der Waals surface area contributed by atoms with E-state index in [0.717, 1.165) is 10.9 Å². The second kappa shape index (κ2) is 5.81. The number of esters is 1. The van der Waals surface area contributed by atoms with Gasteiger partial charge in [0.2, 0.25) is 0 Å². The molecule has 106 valence electrons. The van der Waals surface area contributed by atoms with Crippen LogP contribution in [-0.2, 0) is 4.74 Å². The third-order valence-corrected chi connectivity index (χ3v) is 3.98. The highest BCUT2D eigenvalue weighted by atomic mass is 32.1. The molecule has 6 nitrogen and oxygen atoms in total. The molecule has 2 heterocycles. The Kier molecular flexibility index (Phi) is 4.31. The molecule has 2 rings (SSSR count). The monoisotopic (exact) mass is 328 g/mol. The highest BCUT2D eigenvalue weighted by Gasteiger charge is 2.20. The zero-order valence-electron chi connectivity index (χ0n) is 10.8. The Hall–Kier alpha value is -1.58. The second-order valence-corrected chi connectivity index (χ2v) is 5.69. The molecule has 0 spiro atoms. The van der Waals surface area contributed by atoms with Crippen molar-refractivity contribution < 1.29 is 9.53 Å². The molecule has 0 radical (unpaired) electrons. The maximum Gasteiger partial charge on any atom is 0.348 e. The molecule has 2 aromatic rings. The van der Waals surface area contributed by atoms with Gasteiger partial charge in [0, 0.05) is 0 Å². The van der Waals surface area contributed by atoms with Gasteiger partial charge >= 0.3 is 5.97 Å². The number of aromatic nitrogens is 2. The van der Waals surface area contributed by atoms with Crippen LogP contribution in [0.4, 0.5) is 5.82 Å². The van der Waals surface area contributed by atoms with Crippen LogP contribution in [0.2, 0.25) is 0 Å². The van der Waals surface area contributed by atoms with Crippen LogP contribution in [0, 0.1) is 11.7 Å². The fourth-order valence-corrected chi connectivity index (χ4v) is 3.21. The van der Waals surface area contributed by atoms with Crippen LogP contribution in [0.15, 0.2) is 0 Å². The van der Waals surface area contributed by atoms with E-state index < -0.39 is 0 Å². The van der Waals surface area contributed by atoms with Crippen LogP contribution in [0.25, 0.3) is 10.2 Å². The summed E-state index contributed by atoms with van der Waals surface area (Å²) in [7, 11) is 0. The van der Waals surface area contributed by atoms with Crippen molar-refractivity contribution in [2.24, 2.45) is 5.73 Å². The molecule has 0 amide bonds. The van der Waals surface area contributed by atoms with Gasteiger partial charge < -0.3 is 20.8 Å². The molecule has 4 N–H and O–H groups in total. The average molecular weight is 328 g/mol. The molecule has 2 aromatic heterocycles. The van der Waals surface area contributed by atoms with Gasteiger partial charge in [-0.2, -0.15) is 0 Å². The van der Waals surface area contributed by atoms with Gasteiger partial charge in [-0.05, 0) is 43.8 Å². The molecule has 9 heteroatoms. The van der Waals surface area contributed by atoms with Crippen molar-refractivity contribution in [2.75, 3.05) is 11.9 Å². The fraction of sp³-hybridized carbons (Fsp3) is 0.273. The largest absolute Gasteiger partial charge is 0.462 e. The lowest BCUT2D eigenvalue weighted by atomic mass is 10.2. The number of ether oxygens (including phenoxy) is 1. The highest BCUT2D eigenvalue weighted by Crippen LogP contribution is 2.33. The summed E-state index contributed by atoms with van der Waals surface area (Å²) in [5.41, 5.74) is 6.24. The topological polar surface area (TPSA) is 93.0 Å². The van der Waals surface area contributed by atoms with Crippen LogP contribution in [-0.4, -0.2) is 27.7 Å². The molecule has 0 saturated heterocycles. The summed E-state index contributed by atoms with van der Waals surface area (Å²) in [4.78, 5) is 20.1. The van der Waals surface area contributed by atoms with Crippen LogP contribution < -0.4 is 11.1 Å². The quantitative estimate of drug-likeness (QED) is 0.589. The summed E-state index contributed by atoms with van der Waals surface area (Å²) >= 11 is 11.1. The number of thiocarbonyl (C=S) groups is 1. The average Bonchev–Trinajstić information content (AvgIpc) is 2.66. The van der Waals surface area contributed by atoms with Crippen LogP contribution >= 0.6 is 35.8 Å². The van der Waals surface area contributed by atoms with Gasteiger partial charge in [-0.1, -0.05) is 0 Å². The Morgan fingerprint density at radius 2 is 2.30 bits per heavy atom. The van der Waals surface area contributed by atoms with Crippen LogP contribution in [0.3, 0.4) is 0 Å². The number of nitrogens with zero attached hydrogens (tertiary/aromatic N) is 1. The number of hydrogen-bond acceptors (Lipinski definition) is 6. The van der Waals surface area contributed by atoms with E-state index in [2.05, 4.69) is 15.3 Å². The molecule has 0 atom stereocenters. The van der Waals surface area contributed by atoms with E-state index in [0.29, 0.717) is 22.1 Å². The zero-order chi connectivity index (χ0) is 14.9. The smallest absolute Gasteiger partial charge is 0.348 e. The predicted molar refractivity (Wildman–Crippen MR) is 85.9 cm³/mol. The second-order valence-electron chi connectivity index (χ2n) is 3.86. The summed E-state index contributed by atoms with van der Waals surface area (Å²) < 4.78 is 5.31. The van der Waals surface area contributed by atoms with Gasteiger partial charge in [0.05, 0.1) is 12.0 Å². The summed E-state index contributed by atoms with van der Waals surface area (Å²) in [6.45, 7) is 3.89. The first-order valence-electron chi connectivity index (χ1n) is 5.71. The lowest BCUT2D eigenvalue weighted by Crippen LogP contribution is -2.20. The number of fused-ring (bicyclic) bond motifs is 1. The van der Waals surface area contributed by atoms with E-state index in [-0.39, 0.29) is 15.9 Å². The third kappa shape index (κ3) is 2.79. The van der Waals surface area contributed by atoms with Crippen molar-refractivity contribution in [2.45, 2.75) is 13.8 Å². The summed E-state index contributed by atoms with van der Waals surface area (Å²) in [5, 5.41) is 3.65. The number of nitrogens with one attached hydrogen (secondary N) is 2. The molecule has 0 aromatic carbocycles. The standard InChI is InChI=1S/C11H12N4O2S3/c1-3-17-9(16)6-4(2)5-7(13-10(12)18)14-11(19)15-8(5)20-6/h3H2,1-2H3,(H4,12,13,14,15,18,19). The van der Waals surface area contributed by atoms with Crippen molar-refractivity contribution in [1.82, 2.24) is 9.97 Å².